The van der Waals surface area contributed by atoms with Crippen molar-refractivity contribution in [3.05, 3.63) is 59.2 Å². The number of carbonyl (C=O) groups is 1. The fraction of sp³-hybridized carbons (Fsp3) is 0.278. The first kappa shape index (κ1) is 15.1. The van der Waals surface area contributed by atoms with Crippen LogP contribution in [-0.4, -0.2) is 13.4 Å². The Kier molecular flexibility index (Phi) is 4.99. The Morgan fingerprint density at radius 2 is 1.76 bits per heavy atom. The van der Waals surface area contributed by atoms with Crippen molar-refractivity contribution in [2.75, 3.05) is 7.11 Å². The first-order valence-electron chi connectivity index (χ1n) is 6.99. The lowest BCUT2D eigenvalue weighted by Crippen LogP contribution is -1.99. The molecule has 0 heterocycles. The van der Waals surface area contributed by atoms with E-state index >= 15 is 0 Å². The van der Waals surface area contributed by atoms with Crippen molar-refractivity contribution in [1.29, 1.82) is 0 Å². The summed E-state index contributed by atoms with van der Waals surface area (Å²) in [5.74, 6) is 1.72. The molecule has 0 aromatic heterocycles. The van der Waals surface area contributed by atoms with Gasteiger partial charge in [0.1, 0.15) is 12.9 Å². The number of benzene rings is 2. The van der Waals surface area contributed by atoms with Crippen LogP contribution in [0.25, 0.3) is 0 Å². The van der Waals surface area contributed by atoms with E-state index in [1.807, 2.05) is 0 Å². The Bertz CT molecular complexity index is 600. The summed E-state index contributed by atoms with van der Waals surface area (Å²) >= 11 is 0. The highest BCUT2D eigenvalue weighted by atomic mass is 16.5. The third-order valence-electron chi connectivity index (χ3n) is 3.36. The highest BCUT2D eigenvalue weighted by molar-refractivity contribution is 5.76. The van der Waals surface area contributed by atoms with Crippen LogP contribution < -0.4 is 9.47 Å². The molecule has 0 unspecified atom stereocenters. The number of ether oxygens (including phenoxy) is 2. The average molecular weight is 284 g/mol. The first-order chi connectivity index (χ1) is 10.1. The van der Waals surface area contributed by atoms with Crippen molar-refractivity contribution in [3.8, 4) is 11.5 Å². The van der Waals surface area contributed by atoms with Crippen LogP contribution in [0.4, 0.5) is 0 Å². The Balaban J connectivity index is 2.10. The lowest BCUT2D eigenvalue weighted by molar-refractivity contribution is 0.112. The Morgan fingerprint density at radius 3 is 2.33 bits per heavy atom. The van der Waals surface area contributed by atoms with Gasteiger partial charge in [-0.05, 0) is 35.2 Å². The van der Waals surface area contributed by atoms with E-state index in [9.17, 15) is 4.79 Å². The van der Waals surface area contributed by atoms with Crippen LogP contribution in [0.3, 0.4) is 0 Å². The number of methoxy groups -OCH3 is 1. The van der Waals surface area contributed by atoms with Crippen molar-refractivity contribution in [2.24, 2.45) is 0 Å². The number of rotatable bonds is 6. The van der Waals surface area contributed by atoms with E-state index in [1.165, 1.54) is 5.56 Å². The second kappa shape index (κ2) is 6.93. The molecule has 0 saturated heterocycles. The van der Waals surface area contributed by atoms with Crippen molar-refractivity contribution >= 4 is 6.29 Å². The van der Waals surface area contributed by atoms with Crippen LogP contribution in [0.15, 0.2) is 42.5 Å². The quantitative estimate of drug-likeness (QED) is 0.745. The van der Waals surface area contributed by atoms with Crippen LogP contribution in [-0.2, 0) is 6.61 Å². The molecule has 0 spiro atoms. The number of carbonyl (C=O) groups excluding carboxylic acids is 1. The molecule has 0 aliphatic carbocycles. The largest absolute Gasteiger partial charge is 0.493 e. The van der Waals surface area contributed by atoms with E-state index in [4.69, 9.17) is 9.47 Å². The van der Waals surface area contributed by atoms with E-state index in [-0.39, 0.29) is 0 Å². The van der Waals surface area contributed by atoms with Crippen LogP contribution in [0.2, 0.25) is 0 Å². The molecule has 0 N–H and O–H groups in total. The van der Waals surface area contributed by atoms with Crippen LogP contribution in [0.1, 0.15) is 41.3 Å². The molecule has 0 radical (unpaired) electrons. The highest BCUT2D eigenvalue weighted by Crippen LogP contribution is 2.28. The van der Waals surface area contributed by atoms with Crippen molar-refractivity contribution < 1.29 is 14.3 Å². The summed E-state index contributed by atoms with van der Waals surface area (Å²) in [6, 6.07) is 13.5. The minimum atomic E-state index is 0.442. The molecule has 2 aromatic rings. The molecule has 3 heteroatoms. The van der Waals surface area contributed by atoms with Crippen LogP contribution in [0, 0.1) is 0 Å². The molecule has 0 saturated carbocycles. The van der Waals surface area contributed by atoms with Gasteiger partial charge >= 0.3 is 0 Å². The molecule has 2 rings (SSSR count). The van der Waals surface area contributed by atoms with Gasteiger partial charge < -0.3 is 9.47 Å². The maximum atomic E-state index is 10.8. The van der Waals surface area contributed by atoms with Gasteiger partial charge in [0.05, 0.1) is 7.11 Å². The van der Waals surface area contributed by atoms with E-state index < -0.39 is 0 Å². The molecule has 0 aliphatic heterocycles. The molecule has 0 fully saturated rings. The summed E-state index contributed by atoms with van der Waals surface area (Å²) in [6.45, 7) is 4.78. The third-order valence-corrected chi connectivity index (χ3v) is 3.36. The normalized spacial score (nSPS) is 10.5. The smallest absolute Gasteiger partial charge is 0.162 e. The SMILES string of the molecule is COc1ccc(C=O)cc1OCc1ccc(C(C)C)cc1. The van der Waals surface area contributed by atoms with Gasteiger partial charge in [-0.2, -0.15) is 0 Å². The number of aldehydes is 1. The minimum absolute atomic E-state index is 0.442. The lowest BCUT2D eigenvalue weighted by atomic mass is 10.0. The maximum Gasteiger partial charge on any atom is 0.162 e. The second-order valence-electron chi connectivity index (χ2n) is 5.21. The van der Waals surface area contributed by atoms with Crippen molar-refractivity contribution in [3.63, 3.8) is 0 Å². The summed E-state index contributed by atoms with van der Waals surface area (Å²) < 4.78 is 11.0. The predicted molar refractivity (Wildman–Crippen MR) is 83.2 cm³/mol. The monoisotopic (exact) mass is 284 g/mol. The molecule has 110 valence electrons. The molecule has 2 aromatic carbocycles. The molecule has 3 nitrogen and oxygen atoms in total. The van der Waals surface area contributed by atoms with Gasteiger partial charge in [0, 0.05) is 5.56 Å². The summed E-state index contributed by atoms with van der Waals surface area (Å²) in [6.07, 6.45) is 0.795. The molecular weight excluding hydrogens is 264 g/mol. The lowest BCUT2D eigenvalue weighted by Gasteiger charge is -2.12. The molecular formula is C18H20O3. The standard InChI is InChI=1S/C18H20O3/c1-13(2)16-7-4-14(5-8-16)12-21-18-10-15(11-19)6-9-17(18)20-3/h4-11,13H,12H2,1-3H3. The zero-order chi connectivity index (χ0) is 15.2. The zero-order valence-corrected chi connectivity index (χ0v) is 12.6. The van der Waals surface area contributed by atoms with Crippen LogP contribution in [0.5, 0.6) is 11.5 Å². The van der Waals surface area contributed by atoms with Gasteiger partial charge in [0.25, 0.3) is 0 Å². The van der Waals surface area contributed by atoms with Gasteiger partial charge in [-0.1, -0.05) is 38.1 Å². The van der Waals surface area contributed by atoms with Gasteiger partial charge in [0.15, 0.2) is 11.5 Å². The van der Waals surface area contributed by atoms with Crippen molar-refractivity contribution in [2.45, 2.75) is 26.4 Å². The first-order valence-corrected chi connectivity index (χ1v) is 6.99. The second-order valence-corrected chi connectivity index (χ2v) is 5.21. The molecule has 0 aliphatic rings. The average Bonchev–Trinajstić information content (AvgIpc) is 2.52. The maximum absolute atomic E-state index is 10.8. The van der Waals surface area contributed by atoms with Gasteiger partial charge in [-0.3, -0.25) is 4.79 Å². The molecule has 0 bridgehead atoms. The van der Waals surface area contributed by atoms with Crippen LogP contribution >= 0.6 is 0 Å². The number of hydrogen-bond donors (Lipinski definition) is 0. The molecule has 0 amide bonds. The fourth-order valence-electron chi connectivity index (χ4n) is 2.04. The zero-order valence-electron chi connectivity index (χ0n) is 12.6. The predicted octanol–water partition coefficient (Wildman–Crippen LogP) is 4.21. The summed E-state index contributed by atoms with van der Waals surface area (Å²) in [7, 11) is 1.58. The fourth-order valence-corrected chi connectivity index (χ4v) is 2.04. The Labute approximate surface area is 125 Å². The summed E-state index contributed by atoms with van der Waals surface area (Å²) in [5.41, 5.74) is 2.96. The van der Waals surface area contributed by atoms with Gasteiger partial charge in [0.2, 0.25) is 0 Å². The van der Waals surface area contributed by atoms with E-state index in [1.54, 1.807) is 25.3 Å². The summed E-state index contributed by atoms with van der Waals surface area (Å²) in [4.78, 5) is 10.8. The molecule has 21 heavy (non-hydrogen) atoms. The van der Waals surface area contributed by atoms with E-state index in [2.05, 4.69) is 38.1 Å². The summed E-state index contributed by atoms with van der Waals surface area (Å²) in [5, 5.41) is 0. The van der Waals surface area contributed by atoms with Gasteiger partial charge in [-0.25, -0.2) is 0 Å². The minimum Gasteiger partial charge on any atom is -0.493 e. The van der Waals surface area contributed by atoms with Crippen molar-refractivity contribution in [1.82, 2.24) is 0 Å². The topological polar surface area (TPSA) is 35.5 Å². The Morgan fingerprint density at radius 1 is 1.05 bits per heavy atom. The highest BCUT2D eigenvalue weighted by Gasteiger charge is 2.06. The van der Waals surface area contributed by atoms with E-state index in [0.717, 1.165) is 11.8 Å². The van der Waals surface area contributed by atoms with Gasteiger partial charge in [-0.15, -0.1) is 0 Å². The Hall–Kier alpha value is -2.29. The molecule has 0 atom stereocenters. The number of hydrogen-bond acceptors (Lipinski definition) is 3. The van der Waals surface area contributed by atoms with E-state index in [0.29, 0.717) is 29.6 Å². The third kappa shape index (κ3) is 3.85.